The van der Waals surface area contributed by atoms with E-state index >= 15 is 0 Å². The second-order valence-corrected chi connectivity index (χ2v) is 5.54. The van der Waals surface area contributed by atoms with Crippen LogP contribution in [0.4, 0.5) is 0 Å². The molecule has 3 nitrogen and oxygen atoms in total. The van der Waals surface area contributed by atoms with Gasteiger partial charge in [-0.25, -0.2) is 0 Å². The minimum absolute atomic E-state index is 0.833. The molecule has 3 heteroatoms. The van der Waals surface area contributed by atoms with E-state index in [4.69, 9.17) is 9.90 Å². The first-order valence-corrected chi connectivity index (χ1v) is 8.08. The van der Waals surface area contributed by atoms with Gasteiger partial charge in [0.2, 0.25) is 0 Å². The zero-order valence-electron chi connectivity index (χ0n) is 13.0. The Morgan fingerprint density at radius 1 is 0.947 bits per heavy atom. The molecule has 0 atom stereocenters. The summed E-state index contributed by atoms with van der Waals surface area (Å²) in [5.74, 6) is -0.833. The van der Waals surface area contributed by atoms with Gasteiger partial charge in [-0.3, -0.25) is 4.79 Å². The van der Waals surface area contributed by atoms with Crippen LogP contribution >= 0.6 is 0 Å². The fourth-order valence-corrected chi connectivity index (χ4v) is 2.48. The lowest BCUT2D eigenvalue weighted by Crippen LogP contribution is -2.20. The molecule has 0 bridgehead atoms. The number of rotatable bonds is 9. The highest BCUT2D eigenvalue weighted by Gasteiger charge is 2.09. The van der Waals surface area contributed by atoms with Crippen LogP contribution in [0.1, 0.15) is 78.1 Å². The summed E-state index contributed by atoms with van der Waals surface area (Å²) in [5, 5.41) is 7.42. The lowest BCUT2D eigenvalue weighted by molar-refractivity contribution is -0.134. The molecule has 0 spiro atoms. The molecule has 1 aliphatic rings. The van der Waals surface area contributed by atoms with Crippen molar-refractivity contribution < 1.29 is 9.90 Å². The Kier molecular flexibility index (Phi) is 13.4. The summed E-state index contributed by atoms with van der Waals surface area (Å²) in [7, 11) is 0. The standard InChI is InChI=1S/C14H29N.C2H4O2/c1-2-3-4-5-6-7-8-9-12-15-13-10-11-14-15;1-2(3)4/h2-14H2,1H3;1H3,(H,3,4). The fourth-order valence-electron chi connectivity index (χ4n) is 2.48. The van der Waals surface area contributed by atoms with Gasteiger partial charge in [-0.2, -0.15) is 0 Å². The van der Waals surface area contributed by atoms with E-state index in [2.05, 4.69) is 11.8 Å². The maximum atomic E-state index is 9.00. The highest BCUT2D eigenvalue weighted by molar-refractivity contribution is 5.62. The average molecular weight is 271 g/mol. The van der Waals surface area contributed by atoms with Crippen molar-refractivity contribution in [3.05, 3.63) is 0 Å². The van der Waals surface area contributed by atoms with Gasteiger partial charge in [-0.05, 0) is 38.9 Å². The number of aliphatic carboxylic acids is 1. The predicted octanol–water partition coefficient (Wildman–Crippen LogP) is 4.31. The van der Waals surface area contributed by atoms with Crippen molar-refractivity contribution in [2.75, 3.05) is 19.6 Å². The molecular formula is C16H33NO2. The van der Waals surface area contributed by atoms with E-state index in [0.29, 0.717) is 0 Å². The molecule has 114 valence electrons. The Morgan fingerprint density at radius 2 is 1.37 bits per heavy atom. The molecule has 1 rings (SSSR count). The Labute approximate surface area is 119 Å². The van der Waals surface area contributed by atoms with Crippen molar-refractivity contribution in [1.29, 1.82) is 0 Å². The molecule has 1 N–H and O–H groups in total. The minimum atomic E-state index is -0.833. The van der Waals surface area contributed by atoms with Gasteiger partial charge in [0, 0.05) is 6.92 Å². The highest BCUT2D eigenvalue weighted by atomic mass is 16.4. The number of unbranched alkanes of at least 4 members (excludes halogenated alkanes) is 7. The first-order chi connectivity index (χ1) is 9.16. The SMILES string of the molecule is CC(=O)O.CCCCCCCCCCN1CCCC1. The lowest BCUT2D eigenvalue weighted by Gasteiger charge is -2.13. The first-order valence-electron chi connectivity index (χ1n) is 8.08. The second-order valence-electron chi connectivity index (χ2n) is 5.54. The average Bonchev–Trinajstić information content (AvgIpc) is 2.85. The van der Waals surface area contributed by atoms with Gasteiger partial charge in [0.25, 0.3) is 5.97 Å². The first kappa shape index (κ1) is 18.4. The zero-order valence-corrected chi connectivity index (χ0v) is 13.0. The van der Waals surface area contributed by atoms with E-state index in [1.54, 1.807) is 0 Å². The van der Waals surface area contributed by atoms with Gasteiger partial charge < -0.3 is 10.0 Å². The summed E-state index contributed by atoms with van der Waals surface area (Å²) < 4.78 is 0. The monoisotopic (exact) mass is 271 g/mol. The molecule has 1 saturated heterocycles. The predicted molar refractivity (Wildman–Crippen MR) is 81.6 cm³/mol. The van der Waals surface area contributed by atoms with Gasteiger partial charge in [0.15, 0.2) is 0 Å². The third-order valence-electron chi connectivity index (χ3n) is 3.53. The fraction of sp³-hybridized carbons (Fsp3) is 0.938. The number of likely N-dealkylation sites (tertiary alicyclic amines) is 1. The van der Waals surface area contributed by atoms with E-state index < -0.39 is 5.97 Å². The summed E-state index contributed by atoms with van der Waals surface area (Å²) in [6.45, 7) is 7.48. The maximum Gasteiger partial charge on any atom is 0.300 e. The van der Waals surface area contributed by atoms with Crippen LogP contribution in [-0.4, -0.2) is 35.6 Å². The molecule has 0 aromatic carbocycles. The maximum absolute atomic E-state index is 9.00. The van der Waals surface area contributed by atoms with Gasteiger partial charge in [0.05, 0.1) is 0 Å². The Hall–Kier alpha value is -0.570. The zero-order chi connectivity index (χ0) is 14.3. The molecule has 0 radical (unpaired) electrons. The van der Waals surface area contributed by atoms with Crippen LogP contribution in [0, 0.1) is 0 Å². The minimum Gasteiger partial charge on any atom is -0.481 e. The van der Waals surface area contributed by atoms with Crippen LogP contribution < -0.4 is 0 Å². The number of carboxylic acid groups (broad SMARTS) is 1. The van der Waals surface area contributed by atoms with Gasteiger partial charge in [0.1, 0.15) is 0 Å². The van der Waals surface area contributed by atoms with Crippen LogP contribution in [0.15, 0.2) is 0 Å². The molecule has 19 heavy (non-hydrogen) atoms. The number of carboxylic acids is 1. The highest BCUT2D eigenvalue weighted by Crippen LogP contribution is 2.11. The normalized spacial score (nSPS) is 15.1. The second kappa shape index (κ2) is 13.9. The van der Waals surface area contributed by atoms with Crippen LogP contribution in [0.3, 0.4) is 0 Å². The van der Waals surface area contributed by atoms with Crippen molar-refractivity contribution in [3.63, 3.8) is 0 Å². The Bertz CT molecular complexity index is 197. The van der Waals surface area contributed by atoms with Crippen LogP contribution in [0.2, 0.25) is 0 Å². The quantitative estimate of drug-likeness (QED) is 0.635. The van der Waals surface area contributed by atoms with E-state index in [1.807, 2.05) is 0 Å². The summed E-state index contributed by atoms with van der Waals surface area (Å²) in [4.78, 5) is 11.6. The molecular weight excluding hydrogens is 238 g/mol. The summed E-state index contributed by atoms with van der Waals surface area (Å²) in [6.07, 6.45) is 14.5. The van der Waals surface area contributed by atoms with Crippen LogP contribution in [-0.2, 0) is 4.79 Å². The van der Waals surface area contributed by atoms with Crippen LogP contribution in [0.25, 0.3) is 0 Å². The molecule has 0 aromatic heterocycles. The number of nitrogens with zero attached hydrogens (tertiary/aromatic N) is 1. The molecule has 0 saturated carbocycles. The van der Waals surface area contributed by atoms with Crippen LogP contribution in [0.5, 0.6) is 0 Å². The molecule has 1 aliphatic heterocycles. The smallest absolute Gasteiger partial charge is 0.300 e. The topological polar surface area (TPSA) is 40.5 Å². The Balaban J connectivity index is 0.000000711. The van der Waals surface area contributed by atoms with Crippen molar-refractivity contribution in [3.8, 4) is 0 Å². The molecule has 1 heterocycles. The van der Waals surface area contributed by atoms with Crippen molar-refractivity contribution in [1.82, 2.24) is 4.90 Å². The third kappa shape index (κ3) is 15.4. The lowest BCUT2D eigenvalue weighted by atomic mass is 10.1. The number of hydrogen-bond donors (Lipinski definition) is 1. The van der Waals surface area contributed by atoms with E-state index in [1.165, 1.54) is 83.8 Å². The van der Waals surface area contributed by atoms with E-state index in [9.17, 15) is 0 Å². The van der Waals surface area contributed by atoms with E-state index in [0.717, 1.165) is 6.92 Å². The third-order valence-corrected chi connectivity index (χ3v) is 3.53. The summed E-state index contributed by atoms with van der Waals surface area (Å²) >= 11 is 0. The van der Waals surface area contributed by atoms with Gasteiger partial charge in [-0.1, -0.05) is 51.9 Å². The molecule has 0 amide bonds. The number of carbonyl (C=O) groups is 1. The summed E-state index contributed by atoms with van der Waals surface area (Å²) in [5.41, 5.74) is 0. The number of hydrogen-bond acceptors (Lipinski definition) is 2. The summed E-state index contributed by atoms with van der Waals surface area (Å²) in [6, 6.07) is 0. The molecule has 0 aromatic rings. The van der Waals surface area contributed by atoms with Crippen molar-refractivity contribution in [2.24, 2.45) is 0 Å². The molecule has 0 unspecified atom stereocenters. The Morgan fingerprint density at radius 3 is 1.84 bits per heavy atom. The largest absolute Gasteiger partial charge is 0.481 e. The van der Waals surface area contributed by atoms with Crippen molar-refractivity contribution >= 4 is 5.97 Å². The van der Waals surface area contributed by atoms with E-state index in [-0.39, 0.29) is 0 Å². The van der Waals surface area contributed by atoms with Crippen molar-refractivity contribution in [2.45, 2.75) is 78.1 Å². The van der Waals surface area contributed by atoms with Gasteiger partial charge >= 0.3 is 0 Å². The molecule has 1 fully saturated rings. The van der Waals surface area contributed by atoms with Gasteiger partial charge in [-0.15, -0.1) is 0 Å². The molecule has 0 aliphatic carbocycles.